The van der Waals surface area contributed by atoms with Crippen LogP contribution >= 0.6 is 11.6 Å². The van der Waals surface area contributed by atoms with Crippen molar-refractivity contribution in [3.8, 4) is 0 Å². The Morgan fingerprint density at radius 3 is 2.60 bits per heavy atom. The first-order chi connectivity index (χ1) is 7.06. The second-order valence-corrected chi connectivity index (χ2v) is 4.23. The quantitative estimate of drug-likeness (QED) is 0.799. The maximum atomic E-state index is 11.4. The van der Waals surface area contributed by atoms with Crippen LogP contribution < -0.4 is 5.32 Å². The van der Waals surface area contributed by atoms with E-state index in [4.69, 9.17) is 11.6 Å². The van der Waals surface area contributed by atoms with Crippen LogP contribution in [-0.4, -0.2) is 16.8 Å². The fourth-order valence-electron chi connectivity index (χ4n) is 1.34. The zero-order valence-corrected chi connectivity index (χ0v) is 9.71. The third-order valence-corrected chi connectivity index (χ3v) is 2.36. The van der Waals surface area contributed by atoms with Crippen molar-refractivity contribution in [3.05, 3.63) is 30.1 Å². The van der Waals surface area contributed by atoms with Gasteiger partial charge in [-0.2, -0.15) is 0 Å². The average Bonchev–Trinajstić information content (AvgIpc) is 2.18. The Bertz CT molecular complexity index is 325. The molecule has 1 heterocycles. The molecule has 0 saturated carbocycles. The highest BCUT2D eigenvalue weighted by Gasteiger charge is 2.21. The van der Waals surface area contributed by atoms with Crippen LogP contribution in [0.15, 0.2) is 24.5 Å². The predicted octanol–water partition coefficient (Wildman–Crippen LogP) is 2.06. The zero-order valence-electron chi connectivity index (χ0n) is 8.96. The standard InChI is InChI=1S/C11H15ClN2O/c1-11(2,14-10(15)3-6-12)9-4-7-13-8-5-9/h4-5,7-8H,3,6H2,1-2H3,(H,14,15). The molecule has 4 heteroatoms. The zero-order chi connectivity index (χ0) is 11.3. The minimum atomic E-state index is -0.383. The molecular weight excluding hydrogens is 212 g/mol. The number of carbonyl (C=O) groups excluding carboxylic acids is 1. The van der Waals surface area contributed by atoms with E-state index in [-0.39, 0.29) is 11.4 Å². The number of rotatable bonds is 4. The Morgan fingerprint density at radius 2 is 2.07 bits per heavy atom. The summed E-state index contributed by atoms with van der Waals surface area (Å²) in [5.41, 5.74) is 0.645. The van der Waals surface area contributed by atoms with E-state index in [1.165, 1.54) is 0 Å². The van der Waals surface area contributed by atoms with Gasteiger partial charge in [0.1, 0.15) is 0 Å². The second kappa shape index (κ2) is 5.12. The molecule has 0 atom stereocenters. The Morgan fingerprint density at radius 1 is 1.47 bits per heavy atom. The molecule has 0 spiro atoms. The molecule has 1 aromatic rings. The maximum absolute atomic E-state index is 11.4. The Labute approximate surface area is 94.9 Å². The molecule has 1 aromatic heterocycles. The molecule has 0 saturated heterocycles. The van der Waals surface area contributed by atoms with Crippen LogP contribution in [-0.2, 0) is 10.3 Å². The number of pyridine rings is 1. The van der Waals surface area contributed by atoms with E-state index >= 15 is 0 Å². The first-order valence-corrected chi connectivity index (χ1v) is 5.37. The fraction of sp³-hybridized carbons (Fsp3) is 0.455. The van der Waals surface area contributed by atoms with Gasteiger partial charge in [0.2, 0.25) is 5.91 Å². The van der Waals surface area contributed by atoms with Crippen LogP contribution in [0.3, 0.4) is 0 Å². The summed E-state index contributed by atoms with van der Waals surface area (Å²) >= 11 is 5.50. The van der Waals surface area contributed by atoms with Crippen LogP contribution in [0.4, 0.5) is 0 Å². The van der Waals surface area contributed by atoms with Crippen molar-refractivity contribution >= 4 is 17.5 Å². The van der Waals surface area contributed by atoms with Gasteiger partial charge in [0.05, 0.1) is 5.54 Å². The third kappa shape index (κ3) is 3.51. The average molecular weight is 227 g/mol. The van der Waals surface area contributed by atoms with Gasteiger partial charge in [-0.1, -0.05) is 0 Å². The highest BCUT2D eigenvalue weighted by Crippen LogP contribution is 2.18. The van der Waals surface area contributed by atoms with Gasteiger partial charge in [-0.3, -0.25) is 9.78 Å². The third-order valence-electron chi connectivity index (χ3n) is 2.18. The summed E-state index contributed by atoms with van der Waals surface area (Å²) in [6.45, 7) is 3.91. The van der Waals surface area contributed by atoms with Gasteiger partial charge in [-0.25, -0.2) is 0 Å². The van der Waals surface area contributed by atoms with Crippen LogP contribution in [0.5, 0.6) is 0 Å². The summed E-state index contributed by atoms with van der Waals surface area (Å²) in [6, 6.07) is 3.78. The summed E-state index contributed by atoms with van der Waals surface area (Å²) < 4.78 is 0. The lowest BCUT2D eigenvalue weighted by Crippen LogP contribution is -2.41. The van der Waals surface area contributed by atoms with Gasteiger partial charge in [-0.15, -0.1) is 11.6 Å². The highest BCUT2D eigenvalue weighted by molar-refractivity contribution is 6.18. The van der Waals surface area contributed by atoms with Crippen LogP contribution in [0.1, 0.15) is 25.8 Å². The van der Waals surface area contributed by atoms with Gasteiger partial charge in [0, 0.05) is 24.7 Å². The number of carbonyl (C=O) groups is 1. The van der Waals surface area contributed by atoms with Crippen molar-refractivity contribution in [3.63, 3.8) is 0 Å². The van der Waals surface area contributed by atoms with Gasteiger partial charge < -0.3 is 5.32 Å². The monoisotopic (exact) mass is 226 g/mol. The van der Waals surface area contributed by atoms with E-state index in [1.807, 2.05) is 26.0 Å². The second-order valence-electron chi connectivity index (χ2n) is 3.85. The summed E-state index contributed by atoms with van der Waals surface area (Å²) in [5, 5.41) is 2.92. The molecular formula is C11H15ClN2O. The molecule has 0 aliphatic rings. The minimum absolute atomic E-state index is 0.0354. The Balaban J connectivity index is 2.71. The van der Waals surface area contributed by atoms with Crippen LogP contribution in [0.2, 0.25) is 0 Å². The van der Waals surface area contributed by atoms with Gasteiger partial charge in [0.15, 0.2) is 0 Å². The molecule has 3 nitrogen and oxygen atoms in total. The minimum Gasteiger partial charge on any atom is -0.347 e. The number of aromatic nitrogens is 1. The van der Waals surface area contributed by atoms with Gasteiger partial charge >= 0.3 is 0 Å². The van der Waals surface area contributed by atoms with E-state index in [9.17, 15) is 4.79 Å². The first kappa shape index (κ1) is 12.0. The van der Waals surface area contributed by atoms with E-state index in [2.05, 4.69) is 10.3 Å². The van der Waals surface area contributed by atoms with Crippen molar-refractivity contribution in [2.45, 2.75) is 25.8 Å². The van der Waals surface area contributed by atoms with Crippen molar-refractivity contribution in [2.75, 3.05) is 5.88 Å². The fourth-order valence-corrected chi connectivity index (χ4v) is 1.51. The molecule has 1 N–H and O–H groups in total. The Hall–Kier alpha value is -1.09. The first-order valence-electron chi connectivity index (χ1n) is 4.84. The van der Waals surface area contributed by atoms with Crippen LogP contribution in [0.25, 0.3) is 0 Å². The SMILES string of the molecule is CC(C)(NC(=O)CCCl)c1ccncc1. The number of amides is 1. The number of hydrogen-bond donors (Lipinski definition) is 1. The highest BCUT2D eigenvalue weighted by atomic mass is 35.5. The number of halogens is 1. The molecule has 0 aliphatic heterocycles. The van der Waals surface area contributed by atoms with E-state index < -0.39 is 0 Å². The lowest BCUT2D eigenvalue weighted by Gasteiger charge is -2.26. The van der Waals surface area contributed by atoms with E-state index in [0.717, 1.165) is 5.56 Å². The smallest absolute Gasteiger partial charge is 0.221 e. The van der Waals surface area contributed by atoms with Crippen molar-refractivity contribution < 1.29 is 4.79 Å². The van der Waals surface area contributed by atoms with Crippen molar-refractivity contribution in [2.24, 2.45) is 0 Å². The number of nitrogens with one attached hydrogen (secondary N) is 1. The summed E-state index contributed by atoms with van der Waals surface area (Å²) in [5.74, 6) is 0.310. The van der Waals surface area contributed by atoms with Gasteiger partial charge in [-0.05, 0) is 31.5 Å². The molecule has 82 valence electrons. The van der Waals surface area contributed by atoms with Crippen molar-refractivity contribution in [1.29, 1.82) is 0 Å². The van der Waals surface area contributed by atoms with Crippen molar-refractivity contribution in [1.82, 2.24) is 10.3 Å². The number of nitrogens with zero attached hydrogens (tertiary/aromatic N) is 1. The molecule has 0 bridgehead atoms. The van der Waals surface area contributed by atoms with E-state index in [1.54, 1.807) is 12.4 Å². The Kier molecular flexibility index (Phi) is 4.09. The molecule has 15 heavy (non-hydrogen) atoms. The predicted molar refractivity (Wildman–Crippen MR) is 60.7 cm³/mol. The lowest BCUT2D eigenvalue weighted by atomic mass is 9.95. The summed E-state index contributed by atoms with van der Waals surface area (Å²) in [7, 11) is 0. The van der Waals surface area contributed by atoms with Crippen LogP contribution in [0, 0.1) is 0 Å². The summed E-state index contributed by atoms with van der Waals surface area (Å²) in [6.07, 6.45) is 3.77. The number of alkyl halides is 1. The lowest BCUT2D eigenvalue weighted by molar-refractivity contribution is -0.122. The molecule has 1 amide bonds. The molecule has 0 unspecified atom stereocenters. The largest absolute Gasteiger partial charge is 0.347 e. The molecule has 0 radical (unpaired) electrons. The summed E-state index contributed by atoms with van der Waals surface area (Å²) in [4.78, 5) is 15.4. The maximum Gasteiger partial charge on any atom is 0.221 e. The van der Waals surface area contributed by atoms with Gasteiger partial charge in [0.25, 0.3) is 0 Å². The molecule has 0 aliphatic carbocycles. The molecule has 1 rings (SSSR count). The molecule has 0 fully saturated rings. The van der Waals surface area contributed by atoms with E-state index in [0.29, 0.717) is 12.3 Å². The number of hydrogen-bond acceptors (Lipinski definition) is 2. The topological polar surface area (TPSA) is 42.0 Å². The molecule has 0 aromatic carbocycles. The normalized spacial score (nSPS) is 11.1.